The minimum absolute atomic E-state index is 0.127. The van der Waals surface area contributed by atoms with E-state index in [4.69, 9.17) is 5.11 Å². The van der Waals surface area contributed by atoms with E-state index in [1.165, 1.54) is 0 Å². The van der Waals surface area contributed by atoms with Gasteiger partial charge in [0.25, 0.3) is 0 Å². The van der Waals surface area contributed by atoms with Crippen LogP contribution in [0.3, 0.4) is 0 Å². The van der Waals surface area contributed by atoms with Crippen molar-refractivity contribution < 1.29 is 20.1 Å². The van der Waals surface area contributed by atoms with Crippen LogP contribution >= 0.6 is 0 Å². The molecule has 0 saturated carbocycles. The monoisotopic (exact) mass is 308 g/mol. The van der Waals surface area contributed by atoms with Crippen LogP contribution in [0.4, 0.5) is 0 Å². The Hall–Kier alpha value is -1.39. The molecule has 124 valence electrons. The van der Waals surface area contributed by atoms with Crippen LogP contribution in [0.5, 0.6) is 0 Å². The number of aliphatic carboxylic acids is 1. The summed E-state index contributed by atoms with van der Waals surface area (Å²) >= 11 is 0. The van der Waals surface area contributed by atoms with E-state index in [9.17, 15) is 15.0 Å². The van der Waals surface area contributed by atoms with Crippen LogP contribution < -0.4 is 0 Å². The Balaban J connectivity index is 3.61. The lowest BCUT2D eigenvalue weighted by Crippen LogP contribution is -2.29. The Kier molecular flexibility index (Phi) is 6.15. The second kappa shape index (κ2) is 7.25. The summed E-state index contributed by atoms with van der Waals surface area (Å²) in [5, 5.41) is 29.2. The summed E-state index contributed by atoms with van der Waals surface area (Å²) in [4.78, 5) is 11.0. The van der Waals surface area contributed by atoms with Gasteiger partial charge in [-0.25, -0.2) is 4.79 Å². The van der Waals surface area contributed by atoms with Gasteiger partial charge in [-0.05, 0) is 40.0 Å². The smallest absolute Gasteiger partial charge is 0.335 e. The number of hydrogen-bond donors (Lipinski definition) is 3. The largest absolute Gasteiger partial charge is 0.479 e. The minimum Gasteiger partial charge on any atom is -0.479 e. The molecular formula is C18H28O4. The molecule has 1 rings (SSSR count). The third kappa shape index (κ3) is 3.87. The quantitative estimate of drug-likeness (QED) is 0.751. The Morgan fingerprint density at radius 3 is 1.55 bits per heavy atom. The van der Waals surface area contributed by atoms with E-state index in [2.05, 4.69) is 13.8 Å². The first-order valence-electron chi connectivity index (χ1n) is 7.84. The van der Waals surface area contributed by atoms with Crippen LogP contribution in [-0.4, -0.2) is 27.4 Å². The van der Waals surface area contributed by atoms with Crippen LogP contribution in [0, 0.1) is 0 Å². The van der Waals surface area contributed by atoms with Crippen molar-refractivity contribution in [3.05, 3.63) is 34.4 Å². The number of aliphatic hydroxyl groups excluding tert-OH is 2. The van der Waals surface area contributed by atoms with Crippen LogP contribution in [-0.2, 0) is 4.79 Å². The molecule has 0 radical (unpaired) electrons. The van der Waals surface area contributed by atoms with Gasteiger partial charge in [0, 0.05) is 0 Å². The summed E-state index contributed by atoms with van der Waals surface area (Å²) in [6.07, 6.45) is -3.24. The molecule has 1 aromatic carbocycles. The fraction of sp³-hybridized carbons (Fsp3) is 0.611. The molecule has 2 atom stereocenters. The SMILES string of the molecule is CC(C)c1cc(C(C)C)c(C(O)C(O)C(=O)O)c(C(C)C)c1. The van der Waals surface area contributed by atoms with Gasteiger partial charge in [0.1, 0.15) is 6.10 Å². The molecule has 0 amide bonds. The zero-order valence-electron chi connectivity index (χ0n) is 14.3. The zero-order chi connectivity index (χ0) is 17.2. The molecular weight excluding hydrogens is 280 g/mol. The second-order valence-corrected chi connectivity index (χ2v) is 6.81. The number of carbonyl (C=O) groups is 1. The van der Waals surface area contributed by atoms with Crippen molar-refractivity contribution in [2.75, 3.05) is 0 Å². The van der Waals surface area contributed by atoms with Crippen molar-refractivity contribution in [1.82, 2.24) is 0 Å². The van der Waals surface area contributed by atoms with E-state index in [1.54, 1.807) is 0 Å². The number of aliphatic hydroxyl groups is 2. The van der Waals surface area contributed by atoms with Crippen molar-refractivity contribution in [2.45, 2.75) is 71.5 Å². The van der Waals surface area contributed by atoms with Crippen molar-refractivity contribution in [3.8, 4) is 0 Å². The number of benzene rings is 1. The summed E-state index contributed by atoms with van der Waals surface area (Å²) in [6.45, 7) is 12.2. The molecule has 22 heavy (non-hydrogen) atoms. The van der Waals surface area contributed by atoms with E-state index in [0.717, 1.165) is 16.7 Å². The van der Waals surface area contributed by atoms with E-state index in [-0.39, 0.29) is 11.8 Å². The highest BCUT2D eigenvalue weighted by atomic mass is 16.4. The fourth-order valence-corrected chi connectivity index (χ4v) is 2.65. The first-order chi connectivity index (χ1) is 10.1. The predicted molar refractivity (Wildman–Crippen MR) is 87.3 cm³/mol. The molecule has 0 bridgehead atoms. The Bertz CT molecular complexity index is 503. The Morgan fingerprint density at radius 1 is 0.864 bits per heavy atom. The summed E-state index contributed by atoms with van der Waals surface area (Å²) < 4.78 is 0. The third-order valence-electron chi connectivity index (χ3n) is 4.02. The number of carboxylic acid groups (broad SMARTS) is 1. The van der Waals surface area contributed by atoms with Crippen molar-refractivity contribution in [2.24, 2.45) is 0 Å². The summed E-state index contributed by atoms with van der Waals surface area (Å²) in [5.74, 6) is -0.820. The third-order valence-corrected chi connectivity index (χ3v) is 4.02. The standard InChI is InChI=1S/C18H28O4/c1-9(2)12-7-13(10(3)4)15(14(8-12)11(5)6)16(19)17(20)18(21)22/h7-11,16-17,19-20H,1-6H3,(H,21,22). The maximum absolute atomic E-state index is 11.0. The molecule has 0 saturated heterocycles. The van der Waals surface area contributed by atoms with E-state index >= 15 is 0 Å². The van der Waals surface area contributed by atoms with Crippen LogP contribution in [0.25, 0.3) is 0 Å². The Morgan fingerprint density at radius 2 is 1.27 bits per heavy atom. The topological polar surface area (TPSA) is 77.8 Å². The first-order valence-corrected chi connectivity index (χ1v) is 7.84. The second-order valence-electron chi connectivity index (χ2n) is 6.81. The lowest BCUT2D eigenvalue weighted by atomic mass is 9.81. The van der Waals surface area contributed by atoms with Gasteiger partial charge < -0.3 is 15.3 Å². The van der Waals surface area contributed by atoms with Gasteiger partial charge in [-0.15, -0.1) is 0 Å². The average molecular weight is 308 g/mol. The van der Waals surface area contributed by atoms with E-state index < -0.39 is 18.2 Å². The fourth-order valence-electron chi connectivity index (χ4n) is 2.65. The number of hydrogen-bond acceptors (Lipinski definition) is 3. The van der Waals surface area contributed by atoms with E-state index in [1.807, 2.05) is 39.8 Å². The highest BCUT2D eigenvalue weighted by molar-refractivity contribution is 5.73. The van der Waals surface area contributed by atoms with E-state index in [0.29, 0.717) is 11.5 Å². The molecule has 0 fully saturated rings. The van der Waals surface area contributed by atoms with Crippen LogP contribution in [0.2, 0.25) is 0 Å². The molecule has 0 heterocycles. The van der Waals surface area contributed by atoms with Gasteiger partial charge in [-0.3, -0.25) is 0 Å². The normalized spacial score (nSPS) is 14.7. The molecule has 0 spiro atoms. The van der Waals surface area contributed by atoms with Gasteiger partial charge in [0.15, 0.2) is 6.10 Å². The van der Waals surface area contributed by atoms with Gasteiger partial charge in [-0.2, -0.15) is 0 Å². The minimum atomic E-state index is -1.82. The summed E-state index contributed by atoms with van der Waals surface area (Å²) in [6, 6.07) is 4.04. The van der Waals surface area contributed by atoms with Gasteiger partial charge in [0.2, 0.25) is 0 Å². The van der Waals surface area contributed by atoms with Crippen LogP contribution in [0.1, 0.15) is 87.7 Å². The molecule has 1 aromatic rings. The molecule has 0 aliphatic heterocycles. The molecule has 4 nitrogen and oxygen atoms in total. The zero-order valence-corrected chi connectivity index (χ0v) is 14.3. The maximum Gasteiger partial charge on any atom is 0.335 e. The van der Waals surface area contributed by atoms with Crippen molar-refractivity contribution in [1.29, 1.82) is 0 Å². The summed E-state index contributed by atoms with van der Waals surface area (Å²) in [7, 11) is 0. The molecule has 0 aliphatic rings. The lowest BCUT2D eigenvalue weighted by Gasteiger charge is -2.27. The van der Waals surface area contributed by atoms with Crippen LogP contribution in [0.15, 0.2) is 12.1 Å². The molecule has 2 unspecified atom stereocenters. The van der Waals surface area contributed by atoms with Gasteiger partial charge >= 0.3 is 5.97 Å². The number of rotatable bonds is 6. The Labute approximate surface area is 132 Å². The van der Waals surface area contributed by atoms with Crippen molar-refractivity contribution >= 4 is 5.97 Å². The lowest BCUT2D eigenvalue weighted by molar-refractivity contribution is -0.153. The highest BCUT2D eigenvalue weighted by Gasteiger charge is 2.31. The summed E-state index contributed by atoms with van der Waals surface area (Å²) in [5.41, 5.74) is 3.53. The average Bonchev–Trinajstić information content (AvgIpc) is 2.43. The van der Waals surface area contributed by atoms with Crippen molar-refractivity contribution in [3.63, 3.8) is 0 Å². The van der Waals surface area contributed by atoms with Gasteiger partial charge in [0.05, 0.1) is 0 Å². The maximum atomic E-state index is 11.0. The molecule has 3 N–H and O–H groups in total. The highest BCUT2D eigenvalue weighted by Crippen LogP contribution is 2.36. The molecule has 4 heteroatoms. The molecule has 0 aromatic heterocycles. The first kappa shape index (κ1) is 18.7. The molecule has 0 aliphatic carbocycles. The predicted octanol–water partition coefficient (Wildman–Crippen LogP) is 3.54. The van der Waals surface area contributed by atoms with Gasteiger partial charge in [-0.1, -0.05) is 53.7 Å². The number of carboxylic acids is 1.